The minimum absolute atomic E-state index is 0.118. The summed E-state index contributed by atoms with van der Waals surface area (Å²) in [6, 6.07) is 14.7. The van der Waals surface area contributed by atoms with Crippen LogP contribution in [0.2, 0.25) is 0 Å². The van der Waals surface area contributed by atoms with Gasteiger partial charge in [0, 0.05) is 17.3 Å². The second kappa shape index (κ2) is 8.22. The van der Waals surface area contributed by atoms with Gasteiger partial charge >= 0.3 is 0 Å². The van der Waals surface area contributed by atoms with E-state index in [1.807, 2.05) is 44.2 Å². The van der Waals surface area contributed by atoms with E-state index in [9.17, 15) is 14.4 Å². The van der Waals surface area contributed by atoms with Crippen molar-refractivity contribution in [2.75, 3.05) is 17.6 Å². The van der Waals surface area contributed by atoms with Crippen molar-refractivity contribution in [3.8, 4) is 0 Å². The molecule has 1 heterocycles. The van der Waals surface area contributed by atoms with Gasteiger partial charge in [0.1, 0.15) is 6.54 Å². The van der Waals surface area contributed by atoms with Crippen LogP contribution in [0.3, 0.4) is 0 Å². The summed E-state index contributed by atoms with van der Waals surface area (Å²) >= 11 is 1.27. The smallest absolute Gasteiger partial charge is 0.244 e. The Balaban J connectivity index is 1.73. The number of amides is 2. The molecule has 3 rings (SSSR count). The average Bonchev–Trinajstić information content (AvgIpc) is 2.95. The molecule has 0 saturated carbocycles. The van der Waals surface area contributed by atoms with Crippen molar-refractivity contribution in [2.45, 2.75) is 13.8 Å². The van der Waals surface area contributed by atoms with Gasteiger partial charge < -0.3 is 5.32 Å². The molecule has 0 unspecified atom stereocenters. The molecule has 2 aromatic carbocycles. The predicted molar refractivity (Wildman–Crippen MR) is 108 cm³/mol. The fraction of sp³-hybridized carbons (Fsp3) is 0.190. The number of thioether (sulfide) groups is 1. The maximum absolute atomic E-state index is 12.6. The number of hydrogen-bond donors (Lipinski definition) is 1. The van der Waals surface area contributed by atoms with Gasteiger partial charge in [0.15, 0.2) is 5.78 Å². The average molecular weight is 380 g/mol. The van der Waals surface area contributed by atoms with E-state index in [0.29, 0.717) is 16.3 Å². The summed E-state index contributed by atoms with van der Waals surface area (Å²) in [4.78, 5) is 38.5. The highest BCUT2D eigenvalue weighted by Gasteiger charge is 2.29. The Labute approximate surface area is 162 Å². The van der Waals surface area contributed by atoms with Crippen LogP contribution in [-0.4, -0.2) is 34.8 Å². The second-order valence-corrected chi connectivity index (χ2v) is 7.34. The van der Waals surface area contributed by atoms with Crippen LogP contribution in [0.4, 0.5) is 5.69 Å². The highest BCUT2D eigenvalue weighted by atomic mass is 32.2. The molecule has 6 heteroatoms. The van der Waals surface area contributed by atoms with Gasteiger partial charge in [-0.3, -0.25) is 19.3 Å². The number of hydrogen-bond acceptors (Lipinski definition) is 4. The van der Waals surface area contributed by atoms with E-state index in [0.717, 1.165) is 11.1 Å². The zero-order valence-electron chi connectivity index (χ0n) is 15.2. The maximum Gasteiger partial charge on any atom is 0.244 e. The number of rotatable bonds is 5. The summed E-state index contributed by atoms with van der Waals surface area (Å²) in [5.74, 6) is -0.423. The highest BCUT2D eigenvalue weighted by molar-refractivity contribution is 8.04. The Morgan fingerprint density at radius 1 is 1.15 bits per heavy atom. The minimum atomic E-state index is -0.300. The summed E-state index contributed by atoms with van der Waals surface area (Å²) in [6.07, 6.45) is 1.44. The zero-order chi connectivity index (χ0) is 19.4. The van der Waals surface area contributed by atoms with Crippen LogP contribution in [0.15, 0.2) is 59.6 Å². The van der Waals surface area contributed by atoms with Crippen molar-refractivity contribution in [2.24, 2.45) is 0 Å². The van der Waals surface area contributed by atoms with E-state index >= 15 is 0 Å². The van der Waals surface area contributed by atoms with Gasteiger partial charge in [-0.1, -0.05) is 48.2 Å². The lowest BCUT2D eigenvalue weighted by Crippen LogP contribution is -2.34. The number of carbonyl (C=O) groups is 3. The molecule has 5 nitrogen and oxygen atoms in total. The van der Waals surface area contributed by atoms with Crippen LogP contribution in [0, 0.1) is 13.8 Å². The van der Waals surface area contributed by atoms with Gasteiger partial charge in [0.2, 0.25) is 11.8 Å². The molecule has 0 atom stereocenters. The van der Waals surface area contributed by atoms with Gasteiger partial charge in [0.25, 0.3) is 0 Å². The lowest BCUT2D eigenvalue weighted by atomic mass is 10.1. The van der Waals surface area contributed by atoms with Crippen LogP contribution in [0.5, 0.6) is 0 Å². The molecular formula is C21H20N2O3S. The lowest BCUT2D eigenvalue weighted by Gasteiger charge is -2.17. The zero-order valence-corrected chi connectivity index (χ0v) is 16.0. The molecule has 27 heavy (non-hydrogen) atoms. The molecule has 1 aliphatic heterocycles. The van der Waals surface area contributed by atoms with E-state index in [-0.39, 0.29) is 29.9 Å². The first kappa shape index (κ1) is 18.9. The van der Waals surface area contributed by atoms with Gasteiger partial charge in [-0.25, -0.2) is 0 Å². The summed E-state index contributed by atoms with van der Waals surface area (Å²) in [5, 5.41) is 3.30. The first-order valence-corrected chi connectivity index (χ1v) is 9.54. The molecule has 1 N–H and O–H groups in total. The van der Waals surface area contributed by atoms with Gasteiger partial charge in [-0.2, -0.15) is 0 Å². The number of anilines is 1. The lowest BCUT2D eigenvalue weighted by molar-refractivity contribution is -0.129. The molecule has 1 saturated heterocycles. The molecule has 2 amide bonds. The summed E-state index contributed by atoms with van der Waals surface area (Å²) in [6.45, 7) is 3.69. The molecule has 0 spiro atoms. The largest absolute Gasteiger partial charge is 0.325 e. The molecule has 0 aliphatic carbocycles. The first-order valence-electron chi connectivity index (χ1n) is 8.55. The third-order valence-electron chi connectivity index (χ3n) is 4.18. The standard InChI is InChI=1S/C21H20N2O3S/c1-14-6-5-8-16(10-14)22-19(25)12-23-20(26)13-27-21(23)11-18(24)17-9-4-3-7-15(17)2/h3-11H,12-13H2,1-2H3,(H,22,25)/b21-11-. The normalized spacial score (nSPS) is 15.3. The second-order valence-electron chi connectivity index (χ2n) is 6.35. The fourth-order valence-electron chi connectivity index (χ4n) is 2.81. The predicted octanol–water partition coefficient (Wildman–Crippen LogP) is 3.54. The van der Waals surface area contributed by atoms with E-state index in [1.165, 1.54) is 22.7 Å². The van der Waals surface area contributed by atoms with Gasteiger partial charge in [-0.05, 0) is 37.1 Å². The number of nitrogens with one attached hydrogen (secondary N) is 1. The summed E-state index contributed by atoms with van der Waals surface area (Å²) in [7, 11) is 0. The van der Waals surface area contributed by atoms with Crippen molar-refractivity contribution < 1.29 is 14.4 Å². The third kappa shape index (κ3) is 4.65. The number of ketones is 1. The molecule has 0 aromatic heterocycles. The molecule has 1 fully saturated rings. The monoisotopic (exact) mass is 380 g/mol. The molecule has 0 radical (unpaired) electrons. The molecule has 2 aromatic rings. The molecule has 138 valence electrons. The molecule has 1 aliphatic rings. The van der Waals surface area contributed by atoms with Crippen molar-refractivity contribution >= 4 is 35.0 Å². The summed E-state index contributed by atoms with van der Waals surface area (Å²) < 4.78 is 0. The van der Waals surface area contributed by atoms with Crippen molar-refractivity contribution in [1.82, 2.24) is 4.90 Å². The Kier molecular flexibility index (Phi) is 5.76. The number of allylic oxidation sites excluding steroid dienone is 1. The highest BCUT2D eigenvalue weighted by Crippen LogP contribution is 2.29. The van der Waals surface area contributed by atoms with E-state index < -0.39 is 0 Å². The minimum Gasteiger partial charge on any atom is -0.325 e. The Morgan fingerprint density at radius 2 is 1.93 bits per heavy atom. The Morgan fingerprint density at radius 3 is 2.67 bits per heavy atom. The van der Waals surface area contributed by atoms with Gasteiger partial charge in [-0.15, -0.1) is 0 Å². The quantitative estimate of drug-likeness (QED) is 0.636. The maximum atomic E-state index is 12.6. The van der Waals surface area contributed by atoms with E-state index in [4.69, 9.17) is 0 Å². The van der Waals surface area contributed by atoms with Crippen molar-refractivity contribution in [3.63, 3.8) is 0 Å². The SMILES string of the molecule is Cc1cccc(NC(=O)CN2C(=O)CS/C2=C\C(=O)c2ccccc2C)c1. The Hall–Kier alpha value is -2.86. The van der Waals surface area contributed by atoms with Crippen LogP contribution in [-0.2, 0) is 9.59 Å². The first-order chi connectivity index (χ1) is 12.9. The fourth-order valence-corrected chi connectivity index (χ4v) is 3.75. The van der Waals surface area contributed by atoms with Crippen LogP contribution in [0.25, 0.3) is 0 Å². The van der Waals surface area contributed by atoms with Crippen LogP contribution >= 0.6 is 11.8 Å². The number of nitrogens with zero attached hydrogens (tertiary/aromatic N) is 1. The van der Waals surface area contributed by atoms with Crippen LogP contribution in [0.1, 0.15) is 21.5 Å². The third-order valence-corrected chi connectivity index (χ3v) is 5.20. The van der Waals surface area contributed by atoms with Crippen LogP contribution < -0.4 is 5.32 Å². The summed E-state index contributed by atoms with van der Waals surface area (Å²) in [5.41, 5.74) is 3.18. The Bertz CT molecular complexity index is 937. The number of carbonyl (C=O) groups excluding carboxylic acids is 3. The molecule has 0 bridgehead atoms. The molecular weight excluding hydrogens is 360 g/mol. The number of benzene rings is 2. The van der Waals surface area contributed by atoms with Crippen molar-refractivity contribution in [3.05, 3.63) is 76.3 Å². The van der Waals surface area contributed by atoms with Gasteiger partial charge in [0.05, 0.1) is 10.8 Å². The number of aryl methyl sites for hydroxylation is 2. The van der Waals surface area contributed by atoms with E-state index in [2.05, 4.69) is 5.32 Å². The van der Waals surface area contributed by atoms with E-state index in [1.54, 1.807) is 18.2 Å². The topological polar surface area (TPSA) is 66.5 Å². The van der Waals surface area contributed by atoms with Crippen molar-refractivity contribution in [1.29, 1.82) is 0 Å².